The molecule has 96 valence electrons. The Morgan fingerprint density at radius 2 is 2.00 bits per heavy atom. The highest BCUT2D eigenvalue weighted by molar-refractivity contribution is 9.10. The molecule has 0 saturated heterocycles. The SMILES string of the molecule is N#Cc1cnc(Nc2cccc3cc(Br)cnc23)cn1. The normalized spacial score (nSPS) is 10.2. The van der Waals surface area contributed by atoms with E-state index in [1.807, 2.05) is 30.3 Å². The predicted molar refractivity (Wildman–Crippen MR) is 79.5 cm³/mol. The summed E-state index contributed by atoms with van der Waals surface area (Å²) in [6, 6.07) is 9.78. The molecular formula is C14H8BrN5. The number of aromatic nitrogens is 3. The van der Waals surface area contributed by atoms with Crippen molar-refractivity contribution in [3.05, 3.63) is 53.0 Å². The van der Waals surface area contributed by atoms with Crippen LogP contribution in [0, 0.1) is 11.3 Å². The molecule has 0 aliphatic heterocycles. The molecule has 6 heteroatoms. The topological polar surface area (TPSA) is 74.5 Å². The number of benzene rings is 1. The summed E-state index contributed by atoms with van der Waals surface area (Å²) in [4.78, 5) is 12.5. The fourth-order valence-electron chi connectivity index (χ4n) is 1.82. The second-order valence-corrected chi connectivity index (χ2v) is 4.97. The Hall–Kier alpha value is -2.52. The molecule has 2 aromatic heterocycles. The van der Waals surface area contributed by atoms with Crippen molar-refractivity contribution < 1.29 is 0 Å². The maximum atomic E-state index is 8.70. The lowest BCUT2D eigenvalue weighted by atomic mass is 10.2. The third-order valence-electron chi connectivity index (χ3n) is 2.71. The molecule has 2 heterocycles. The Morgan fingerprint density at radius 3 is 2.75 bits per heavy atom. The van der Waals surface area contributed by atoms with Crippen LogP contribution in [0.1, 0.15) is 5.69 Å². The summed E-state index contributed by atoms with van der Waals surface area (Å²) in [6.07, 6.45) is 4.70. The van der Waals surface area contributed by atoms with E-state index in [1.165, 1.54) is 12.4 Å². The number of pyridine rings is 1. The molecule has 1 aromatic carbocycles. The lowest BCUT2D eigenvalue weighted by molar-refractivity contribution is 1.16. The van der Waals surface area contributed by atoms with Crippen LogP contribution in [0.25, 0.3) is 10.9 Å². The van der Waals surface area contributed by atoms with Gasteiger partial charge in [-0.1, -0.05) is 12.1 Å². The summed E-state index contributed by atoms with van der Waals surface area (Å²) >= 11 is 3.40. The maximum Gasteiger partial charge on any atom is 0.158 e. The van der Waals surface area contributed by atoms with Gasteiger partial charge in [0.2, 0.25) is 0 Å². The Labute approximate surface area is 123 Å². The van der Waals surface area contributed by atoms with E-state index in [0.29, 0.717) is 5.82 Å². The van der Waals surface area contributed by atoms with Crippen molar-refractivity contribution in [2.45, 2.75) is 0 Å². The van der Waals surface area contributed by atoms with Gasteiger partial charge in [-0.05, 0) is 28.1 Å². The second-order valence-electron chi connectivity index (χ2n) is 4.05. The lowest BCUT2D eigenvalue weighted by Gasteiger charge is -2.08. The summed E-state index contributed by atoms with van der Waals surface area (Å²) in [7, 11) is 0. The summed E-state index contributed by atoms with van der Waals surface area (Å²) in [6.45, 7) is 0. The fraction of sp³-hybridized carbons (Fsp3) is 0. The third kappa shape index (κ3) is 2.44. The minimum absolute atomic E-state index is 0.288. The largest absolute Gasteiger partial charge is 0.337 e. The molecule has 0 bridgehead atoms. The van der Waals surface area contributed by atoms with E-state index < -0.39 is 0 Å². The number of para-hydroxylation sites is 1. The minimum Gasteiger partial charge on any atom is -0.337 e. The predicted octanol–water partition coefficient (Wildman–Crippen LogP) is 3.40. The molecule has 0 atom stereocenters. The second kappa shape index (κ2) is 5.23. The lowest BCUT2D eigenvalue weighted by Crippen LogP contribution is -1.97. The smallest absolute Gasteiger partial charge is 0.158 e. The minimum atomic E-state index is 0.288. The number of hydrogen-bond donors (Lipinski definition) is 1. The first-order chi connectivity index (χ1) is 9.76. The molecule has 0 saturated carbocycles. The summed E-state index contributed by atoms with van der Waals surface area (Å²) < 4.78 is 0.931. The van der Waals surface area contributed by atoms with Gasteiger partial charge < -0.3 is 5.32 Å². The molecule has 0 amide bonds. The first-order valence-corrected chi connectivity index (χ1v) is 6.59. The van der Waals surface area contributed by atoms with Gasteiger partial charge in [-0.3, -0.25) is 4.98 Å². The van der Waals surface area contributed by atoms with Crippen molar-refractivity contribution in [3.8, 4) is 6.07 Å². The highest BCUT2D eigenvalue weighted by Crippen LogP contribution is 2.25. The maximum absolute atomic E-state index is 8.70. The van der Waals surface area contributed by atoms with Gasteiger partial charge in [0.05, 0.1) is 23.6 Å². The van der Waals surface area contributed by atoms with E-state index in [2.05, 4.69) is 36.2 Å². The van der Waals surface area contributed by atoms with Crippen molar-refractivity contribution in [3.63, 3.8) is 0 Å². The molecule has 1 N–H and O–H groups in total. The van der Waals surface area contributed by atoms with Crippen molar-refractivity contribution in [1.29, 1.82) is 5.26 Å². The quantitative estimate of drug-likeness (QED) is 0.781. The zero-order valence-corrected chi connectivity index (χ0v) is 11.8. The van der Waals surface area contributed by atoms with E-state index in [9.17, 15) is 0 Å². The van der Waals surface area contributed by atoms with Crippen LogP contribution in [-0.2, 0) is 0 Å². The van der Waals surface area contributed by atoms with Crippen LogP contribution in [0.15, 0.2) is 47.3 Å². The van der Waals surface area contributed by atoms with Crippen LogP contribution in [0.4, 0.5) is 11.5 Å². The van der Waals surface area contributed by atoms with Gasteiger partial charge in [-0.15, -0.1) is 0 Å². The van der Waals surface area contributed by atoms with Gasteiger partial charge in [-0.2, -0.15) is 5.26 Å². The molecule has 0 unspecified atom stereocenters. The molecule has 20 heavy (non-hydrogen) atoms. The Bertz CT molecular complexity index is 808. The van der Waals surface area contributed by atoms with E-state index in [4.69, 9.17) is 5.26 Å². The standard InChI is InChI=1S/C14H8BrN5/c15-10-4-9-2-1-3-12(14(9)19-6-10)20-13-8-17-11(5-16)7-18-13/h1-4,6-8H,(H,18,20). The number of nitriles is 1. The number of nitrogens with one attached hydrogen (secondary N) is 1. The molecular weight excluding hydrogens is 318 g/mol. The summed E-state index contributed by atoms with van der Waals surface area (Å²) in [5.41, 5.74) is 1.98. The molecule has 0 spiro atoms. The van der Waals surface area contributed by atoms with Crippen LogP contribution in [0.3, 0.4) is 0 Å². The zero-order valence-electron chi connectivity index (χ0n) is 10.2. The number of hydrogen-bond acceptors (Lipinski definition) is 5. The number of anilines is 2. The number of rotatable bonds is 2. The molecule has 0 aliphatic rings. The number of fused-ring (bicyclic) bond motifs is 1. The average molecular weight is 326 g/mol. The van der Waals surface area contributed by atoms with Crippen LogP contribution in [0.5, 0.6) is 0 Å². The van der Waals surface area contributed by atoms with Crippen LogP contribution in [-0.4, -0.2) is 15.0 Å². The molecule has 0 aliphatic carbocycles. The first kappa shape index (κ1) is 12.5. The highest BCUT2D eigenvalue weighted by atomic mass is 79.9. The van der Waals surface area contributed by atoms with Crippen molar-refractivity contribution in [2.24, 2.45) is 0 Å². The molecule has 0 radical (unpaired) electrons. The van der Waals surface area contributed by atoms with Crippen LogP contribution in [0.2, 0.25) is 0 Å². The van der Waals surface area contributed by atoms with Crippen LogP contribution >= 0.6 is 15.9 Å². The van der Waals surface area contributed by atoms with Crippen LogP contribution < -0.4 is 5.32 Å². The van der Waals surface area contributed by atoms with E-state index >= 15 is 0 Å². The molecule has 0 fully saturated rings. The number of nitrogens with zero attached hydrogens (tertiary/aromatic N) is 4. The Morgan fingerprint density at radius 1 is 1.10 bits per heavy atom. The van der Waals surface area contributed by atoms with Gasteiger partial charge in [0.1, 0.15) is 11.9 Å². The van der Waals surface area contributed by atoms with Gasteiger partial charge in [0.25, 0.3) is 0 Å². The summed E-state index contributed by atoms with van der Waals surface area (Å²) in [5, 5.41) is 12.9. The van der Waals surface area contributed by atoms with Gasteiger partial charge in [0.15, 0.2) is 5.69 Å². The molecule has 5 nitrogen and oxygen atoms in total. The zero-order chi connectivity index (χ0) is 13.9. The van der Waals surface area contributed by atoms with Gasteiger partial charge >= 0.3 is 0 Å². The van der Waals surface area contributed by atoms with Crippen molar-refractivity contribution in [2.75, 3.05) is 5.32 Å². The molecule has 3 aromatic rings. The van der Waals surface area contributed by atoms with Crippen molar-refractivity contribution in [1.82, 2.24) is 15.0 Å². The Kier molecular flexibility index (Phi) is 3.27. The van der Waals surface area contributed by atoms with E-state index in [0.717, 1.165) is 21.1 Å². The fourth-order valence-corrected chi connectivity index (χ4v) is 2.17. The third-order valence-corrected chi connectivity index (χ3v) is 3.14. The van der Waals surface area contributed by atoms with Gasteiger partial charge in [-0.25, -0.2) is 9.97 Å². The molecule has 3 rings (SSSR count). The number of halogens is 1. The summed E-state index contributed by atoms with van der Waals surface area (Å²) in [5.74, 6) is 0.571. The highest BCUT2D eigenvalue weighted by Gasteiger charge is 2.04. The first-order valence-electron chi connectivity index (χ1n) is 5.80. The Balaban J connectivity index is 2.00. The van der Waals surface area contributed by atoms with Gasteiger partial charge in [0, 0.05) is 16.1 Å². The average Bonchev–Trinajstić information content (AvgIpc) is 2.48. The monoisotopic (exact) mass is 325 g/mol. The van der Waals surface area contributed by atoms with Crippen molar-refractivity contribution >= 4 is 38.3 Å². The van der Waals surface area contributed by atoms with E-state index in [-0.39, 0.29) is 5.69 Å². The van der Waals surface area contributed by atoms with E-state index in [1.54, 1.807) is 6.20 Å².